The van der Waals surface area contributed by atoms with Gasteiger partial charge in [-0.05, 0) is 39.2 Å². The Morgan fingerprint density at radius 1 is 1.43 bits per heavy atom. The molecular formula is C16H21FN2O2. The van der Waals surface area contributed by atoms with Gasteiger partial charge >= 0.3 is 6.09 Å². The van der Waals surface area contributed by atoms with Gasteiger partial charge in [0, 0.05) is 18.3 Å². The highest BCUT2D eigenvalue weighted by Gasteiger charge is 2.29. The number of rotatable bonds is 1. The van der Waals surface area contributed by atoms with E-state index < -0.39 is 17.5 Å². The van der Waals surface area contributed by atoms with Crippen LogP contribution in [0, 0.1) is 11.7 Å². The fourth-order valence-electron chi connectivity index (χ4n) is 2.22. The van der Waals surface area contributed by atoms with Gasteiger partial charge in [-0.25, -0.2) is 9.18 Å². The summed E-state index contributed by atoms with van der Waals surface area (Å²) in [6.45, 7) is 8.09. The molecule has 4 nitrogen and oxygen atoms in total. The summed E-state index contributed by atoms with van der Waals surface area (Å²) in [7, 11) is 0. The third-order valence-electron chi connectivity index (χ3n) is 3.11. The molecule has 5 heteroatoms. The molecule has 1 aromatic heterocycles. The second kappa shape index (κ2) is 5.84. The van der Waals surface area contributed by atoms with Crippen LogP contribution in [0.4, 0.5) is 9.18 Å². The molecule has 0 saturated heterocycles. The summed E-state index contributed by atoms with van der Waals surface area (Å²) in [5.74, 6) is -0.0843. The zero-order chi connectivity index (χ0) is 15.6. The van der Waals surface area contributed by atoms with Crippen LogP contribution >= 0.6 is 0 Å². The van der Waals surface area contributed by atoms with Gasteiger partial charge in [0.15, 0.2) is 0 Å². The predicted octanol–water partition coefficient (Wildman–Crippen LogP) is 3.84. The van der Waals surface area contributed by atoms with Crippen LogP contribution in [-0.2, 0) is 4.74 Å². The van der Waals surface area contributed by atoms with Crippen molar-refractivity contribution in [2.75, 3.05) is 6.54 Å². The Kier molecular flexibility index (Phi) is 4.30. The van der Waals surface area contributed by atoms with Crippen molar-refractivity contribution in [1.82, 2.24) is 9.88 Å². The summed E-state index contributed by atoms with van der Waals surface area (Å²) in [6, 6.07) is 1.38. The zero-order valence-corrected chi connectivity index (χ0v) is 12.9. The van der Waals surface area contributed by atoms with Gasteiger partial charge in [0.25, 0.3) is 0 Å². The molecule has 0 unspecified atom stereocenters. The molecule has 1 atom stereocenters. The molecule has 0 bridgehead atoms. The van der Waals surface area contributed by atoms with E-state index >= 15 is 0 Å². The minimum absolute atomic E-state index is 0.336. The number of allylic oxidation sites excluding steroid dienone is 1. The molecule has 1 aliphatic rings. The lowest BCUT2D eigenvalue weighted by Crippen LogP contribution is -2.39. The van der Waals surface area contributed by atoms with Crippen LogP contribution in [-0.4, -0.2) is 28.1 Å². The monoisotopic (exact) mass is 292 g/mol. The van der Waals surface area contributed by atoms with Crippen LogP contribution < -0.4 is 0 Å². The Morgan fingerprint density at radius 2 is 2.14 bits per heavy atom. The second-order valence-electron chi connectivity index (χ2n) is 6.41. The molecule has 2 heterocycles. The van der Waals surface area contributed by atoms with Gasteiger partial charge in [-0.15, -0.1) is 0 Å². The first-order valence-corrected chi connectivity index (χ1v) is 7.08. The average Bonchev–Trinajstić information content (AvgIpc) is 2.36. The number of hydrogen-bond acceptors (Lipinski definition) is 3. The Bertz CT molecular complexity index is 564. The first-order valence-electron chi connectivity index (χ1n) is 7.08. The van der Waals surface area contributed by atoms with E-state index in [0.29, 0.717) is 23.7 Å². The topological polar surface area (TPSA) is 42.4 Å². The second-order valence-corrected chi connectivity index (χ2v) is 6.41. The molecule has 1 aliphatic heterocycles. The Hall–Kier alpha value is -1.91. The van der Waals surface area contributed by atoms with E-state index in [1.807, 2.05) is 26.8 Å². The van der Waals surface area contributed by atoms with Gasteiger partial charge in [0.1, 0.15) is 11.4 Å². The molecule has 21 heavy (non-hydrogen) atoms. The molecule has 0 saturated carbocycles. The number of carbonyl (C=O) groups is 1. The van der Waals surface area contributed by atoms with Gasteiger partial charge in [-0.1, -0.05) is 13.0 Å². The largest absolute Gasteiger partial charge is 0.443 e. The van der Waals surface area contributed by atoms with Gasteiger partial charge in [0.2, 0.25) is 0 Å². The number of carbonyl (C=O) groups excluding carboxylic acids is 1. The Morgan fingerprint density at radius 3 is 2.76 bits per heavy atom. The lowest BCUT2D eigenvalue weighted by atomic mass is 9.99. The zero-order valence-electron chi connectivity index (χ0n) is 12.9. The SMILES string of the molecule is C[C@H]1CC=C(c2cncc(F)c2)N(C(=O)OC(C)(C)C)C1. The summed E-state index contributed by atoms with van der Waals surface area (Å²) in [4.78, 5) is 17.8. The maximum Gasteiger partial charge on any atom is 0.414 e. The molecule has 0 radical (unpaired) electrons. The third-order valence-corrected chi connectivity index (χ3v) is 3.11. The quantitative estimate of drug-likeness (QED) is 0.790. The number of halogens is 1. The van der Waals surface area contributed by atoms with Crippen LogP contribution in [0.15, 0.2) is 24.5 Å². The molecule has 0 spiro atoms. The molecular weight excluding hydrogens is 271 g/mol. The maximum atomic E-state index is 13.4. The standard InChI is InChI=1S/C16H21FN2O2/c1-11-5-6-14(12-7-13(17)9-18-8-12)19(10-11)15(20)21-16(2,3)4/h6-9,11H,5,10H2,1-4H3/t11-/m0/s1. The molecule has 1 amide bonds. The number of nitrogens with zero attached hydrogens (tertiary/aromatic N) is 2. The van der Waals surface area contributed by atoms with Crippen molar-refractivity contribution in [3.8, 4) is 0 Å². The molecule has 1 aromatic rings. The van der Waals surface area contributed by atoms with Crippen LogP contribution in [0.3, 0.4) is 0 Å². The molecule has 0 aromatic carbocycles. The van der Waals surface area contributed by atoms with E-state index in [4.69, 9.17) is 4.74 Å². The predicted molar refractivity (Wildman–Crippen MR) is 78.9 cm³/mol. The van der Waals surface area contributed by atoms with Crippen molar-refractivity contribution < 1.29 is 13.9 Å². The number of aromatic nitrogens is 1. The lowest BCUT2D eigenvalue weighted by Gasteiger charge is -2.33. The van der Waals surface area contributed by atoms with Crippen molar-refractivity contribution >= 4 is 11.8 Å². The number of hydrogen-bond donors (Lipinski definition) is 0. The van der Waals surface area contributed by atoms with Crippen LogP contribution in [0.2, 0.25) is 0 Å². The van der Waals surface area contributed by atoms with Crippen LogP contribution in [0.25, 0.3) is 5.70 Å². The van der Waals surface area contributed by atoms with Gasteiger partial charge in [-0.3, -0.25) is 9.88 Å². The summed E-state index contributed by atoms with van der Waals surface area (Å²) >= 11 is 0. The van der Waals surface area contributed by atoms with E-state index in [-0.39, 0.29) is 0 Å². The highest BCUT2D eigenvalue weighted by Crippen LogP contribution is 2.29. The fraction of sp³-hybridized carbons (Fsp3) is 0.500. The van der Waals surface area contributed by atoms with Crippen LogP contribution in [0.1, 0.15) is 39.7 Å². The summed E-state index contributed by atoms with van der Waals surface area (Å²) in [5.41, 5.74) is 0.686. The first-order chi connectivity index (χ1) is 9.76. The molecule has 0 aliphatic carbocycles. The number of ether oxygens (including phenoxy) is 1. The average molecular weight is 292 g/mol. The van der Waals surface area contributed by atoms with Gasteiger partial charge in [0.05, 0.1) is 11.9 Å². The van der Waals surface area contributed by atoms with E-state index in [0.717, 1.165) is 12.6 Å². The minimum Gasteiger partial charge on any atom is -0.443 e. The molecule has 0 fully saturated rings. The normalized spacial score (nSPS) is 19.2. The highest BCUT2D eigenvalue weighted by molar-refractivity contribution is 5.82. The van der Waals surface area contributed by atoms with E-state index in [9.17, 15) is 9.18 Å². The van der Waals surface area contributed by atoms with Crippen LogP contribution in [0.5, 0.6) is 0 Å². The van der Waals surface area contributed by atoms with Crippen molar-refractivity contribution in [3.05, 3.63) is 35.9 Å². The highest BCUT2D eigenvalue weighted by atomic mass is 19.1. The maximum absolute atomic E-state index is 13.4. The number of pyridine rings is 1. The van der Waals surface area contributed by atoms with E-state index in [1.54, 1.807) is 11.1 Å². The minimum atomic E-state index is -0.566. The number of amides is 1. The van der Waals surface area contributed by atoms with E-state index in [2.05, 4.69) is 11.9 Å². The molecule has 0 N–H and O–H groups in total. The first kappa shape index (κ1) is 15.5. The van der Waals surface area contributed by atoms with Gasteiger partial charge in [-0.2, -0.15) is 0 Å². The lowest BCUT2D eigenvalue weighted by molar-refractivity contribution is 0.0327. The van der Waals surface area contributed by atoms with E-state index in [1.165, 1.54) is 6.07 Å². The Balaban J connectivity index is 2.30. The molecule has 114 valence electrons. The van der Waals surface area contributed by atoms with Gasteiger partial charge < -0.3 is 4.74 Å². The fourth-order valence-corrected chi connectivity index (χ4v) is 2.22. The van der Waals surface area contributed by atoms with Crippen molar-refractivity contribution in [1.29, 1.82) is 0 Å². The third kappa shape index (κ3) is 4.03. The van der Waals surface area contributed by atoms with Crippen molar-refractivity contribution in [2.45, 2.75) is 39.7 Å². The summed E-state index contributed by atoms with van der Waals surface area (Å²) in [6.07, 6.45) is 5.07. The summed E-state index contributed by atoms with van der Waals surface area (Å²) < 4.78 is 18.8. The Labute approximate surface area is 124 Å². The molecule has 2 rings (SSSR count). The smallest absolute Gasteiger partial charge is 0.414 e. The van der Waals surface area contributed by atoms with Crippen molar-refractivity contribution in [3.63, 3.8) is 0 Å². The van der Waals surface area contributed by atoms with Crippen molar-refractivity contribution in [2.24, 2.45) is 5.92 Å². The summed E-state index contributed by atoms with van der Waals surface area (Å²) in [5, 5.41) is 0.